The first kappa shape index (κ1) is 15.9. The second-order valence-electron chi connectivity index (χ2n) is 6.87. The van der Waals surface area contributed by atoms with Gasteiger partial charge in [-0.1, -0.05) is 24.3 Å². The van der Waals surface area contributed by atoms with E-state index in [0.29, 0.717) is 12.1 Å². The van der Waals surface area contributed by atoms with Crippen molar-refractivity contribution in [2.24, 2.45) is 0 Å². The number of aromatic nitrogens is 1. The quantitative estimate of drug-likeness (QED) is 0.795. The monoisotopic (exact) mass is 334 g/mol. The van der Waals surface area contributed by atoms with Gasteiger partial charge in [-0.15, -0.1) is 0 Å². The van der Waals surface area contributed by atoms with Crippen molar-refractivity contribution in [3.05, 3.63) is 65.5 Å². The summed E-state index contributed by atoms with van der Waals surface area (Å²) in [7, 11) is 0. The predicted octanol–water partition coefficient (Wildman–Crippen LogP) is 3.86. The van der Waals surface area contributed by atoms with Crippen LogP contribution in [0.3, 0.4) is 0 Å². The first-order chi connectivity index (χ1) is 12.2. The maximum Gasteiger partial charge on any atom is 0.255 e. The van der Waals surface area contributed by atoms with Crippen LogP contribution in [-0.2, 0) is 0 Å². The van der Waals surface area contributed by atoms with E-state index in [-0.39, 0.29) is 11.5 Å². The second-order valence-corrected chi connectivity index (χ2v) is 6.87. The van der Waals surface area contributed by atoms with E-state index < -0.39 is 0 Å². The van der Waals surface area contributed by atoms with Crippen LogP contribution >= 0.6 is 0 Å². The van der Waals surface area contributed by atoms with Crippen molar-refractivity contribution in [3.8, 4) is 5.75 Å². The first-order valence-electron chi connectivity index (χ1n) is 8.84. The highest BCUT2D eigenvalue weighted by molar-refractivity contribution is 5.95. The van der Waals surface area contributed by atoms with Gasteiger partial charge >= 0.3 is 0 Å². The number of likely N-dealkylation sites (tertiary alicyclic amines) is 1. The van der Waals surface area contributed by atoms with Gasteiger partial charge in [0.1, 0.15) is 11.4 Å². The molecular formula is C21H22N2O2. The van der Waals surface area contributed by atoms with Crippen LogP contribution in [-0.4, -0.2) is 34.5 Å². The third kappa shape index (κ3) is 3.04. The van der Waals surface area contributed by atoms with Crippen molar-refractivity contribution < 1.29 is 9.53 Å². The molecule has 0 aliphatic carbocycles. The number of pyridine rings is 1. The maximum absolute atomic E-state index is 12.9. The fourth-order valence-corrected chi connectivity index (χ4v) is 3.67. The van der Waals surface area contributed by atoms with Crippen molar-refractivity contribution in [1.29, 1.82) is 0 Å². The lowest BCUT2D eigenvalue weighted by molar-refractivity contribution is 0.0729. The molecule has 1 atom stereocenters. The van der Waals surface area contributed by atoms with Crippen LogP contribution in [0.2, 0.25) is 0 Å². The number of benzene rings is 1. The zero-order chi connectivity index (χ0) is 17.3. The zero-order valence-electron chi connectivity index (χ0n) is 14.4. The molecule has 1 aromatic heterocycles. The van der Waals surface area contributed by atoms with Crippen molar-refractivity contribution in [2.45, 2.75) is 31.8 Å². The molecule has 2 aliphatic heterocycles. The summed E-state index contributed by atoms with van der Waals surface area (Å²) in [5, 5.41) is 0. The molecule has 0 radical (unpaired) electrons. The lowest BCUT2D eigenvalue weighted by Gasteiger charge is -2.34. The minimum Gasteiger partial charge on any atom is -0.483 e. The fourth-order valence-electron chi connectivity index (χ4n) is 3.67. The van der Waals surface area contributed by atoms with Crippen molar-refractivity contribution >= 4 is 12.0 Å². The van der Waals surface area contributed by atoms with Gasteiger partial charge in [0.2, 0.25) is 0 Å². The molecule has 3 heterocycles. The molecule has 1 unspecified atom stereocenters. The average molecular weight is 334 g/mol. The molecule has 2 aliphatic rings. The molecule has 1 spiro atoms. The molecule has 1 fully saturated rings. The lowest BCUT2D eigenvalue weighted by Crippen LogP contribution is -2.38. The van der Waals surface area contributed by atoms with Crippen molar-refractivity contribution in [3.63, 3.8) is 0 Å². The molecule has 4 nitrogen and oxygen atoms in total. The first-order valence-corrected chi connectivity index (χ1v) is 8.84. The number of hydrogen-bond acceptors (Lipinski definition) is 3. The fraction of sp³-hybridized carbons (Fsp3) is 0.333. The number of rotatable bonds is 1. The molecule has 4 rings (SSSR count). The molecule has 0 N–H and O–H groups in total. The molecule has 2 aromatic rings. The van der Waals surface area contributed by atoms with Crippen LogP contribution in [0.25, 0.3) is 6.08 Å². The Bertz CT molecular complexity index is 830. The summed E-state index contributed by atoms with van der Waals surface area (Å²) in [4.78, 5) is 18.9. The van der Waals surface area contributed by atoms with Gasteiger partial charge in [0.15, 0.2) is 0 Å². The molecule has 1 amide bonds. The number of nitrogens with zero attached hydrogens (tertiary/aromatic N) is 2. The number of carbonyl (C=O) groups excluding carboxylic acids is 1. The molecule has 128 valence electrons. The number of aryl methyl sites for hydroxylation is 1. The van der Waals surface area contributed by atoms with Crippen LogP contribution in [0.15, 0.2) is 48.8 Å². The summed E-state index contributed by atoms with van der Waals surface area (Å²) in [6, 6.07) is 10.00. The van der Waals surface area contributed by atoms with Gasteiger partial charge in [-0.25, -0.2) is 0 Å². The van der Waals surface area contributed by atoms with E-state index in [9.17, 15) is 4.79 Å². The molecule has 0 saturated carbocycles. The van der Waals surface area contributed by atoms with E-state index in [1.165, 1.54) is 0 Å². The molecule has 1 aromatic carbocycles. The normalized spacial score (nSPS) is 22.2. The van der Waals surface area contributed by atoms with E-state index in [0.717, 1.165) is 42.7 Å². The van der Waals surface area contributed by atoms with Gasteiger partial charge in [0.05, 0.1) is 5.56 Å². The van der Waals surface area contributed by atoms with Crippen LogP contribution in [0.4, 0.5) is 0 Å². The minimum atomic E-state index is -0.298. The third-order valence-corrected chi connectivity index (χ3v) is 5.19. The summed E-state index contributed by atoms with van der Waals surface area (Å²) >= 11 is 0. The van der Waals surface area contributed by atoms with Crippen LogP contribution in [0.1, 0.15) is 40.7 Å². The largest absolute Gasteiger partial charge is 0.483 e. The predicted molar refractivity (Wildman–Crippen MR) is 97.6 cm³/mol. The summed E-state index contributed by atoms with van der Waals surface area (Å²) in [5.74, 6) is 1.01. The number of ether oxygens (including phenoxy) is 1. The minimum absolute atomic E-state index is 0.0721. The number of fused-ring (bicyclic) bond motifs is 1. The standard InChI is InChI=1S/C21H22N2O2/c1-16-8-12-22-15-18(16)20(24)23-13-4-9-21(11-14-23)10-7-17-5-2-3-6-19(17)25-21/h2-3,5-8,10,12,15H,4,9,11,13-14H2,1H3. The van der Waals surface area contributed by atoms with E-state index in [1.54, 1.807) is 12.4 Å². The van der Waals surface area contributed by atoms with Gasteiger partial charge in [0, 0.05) is 37.5 Å². The summed E-state index contributed by atoms with van der Waals surface area (Å²) in [6.07, 6.45) is 10.4. The van der Waals surface area contributed by atoms with E-state index in [4.69, 9.17) is 4.74 Å². The Morgan fingerprint density at radius 2 is 2.08 bits per heavy atom. The molecule has 1 saturated heterocycles. The number of hydrogen-bond donors (Lipinski definition) is 0. The van der Waals surface area contributed by atoms with Gasteiger partial charge < -0.3 is 9.64 Å². The van der Waals surface area contributed by atoms with Crippen LogP contribution < -0.4 is 4.74 Å². The SMILES string of the molecule is Cc1ccncc1C(=O)N1CCCC2(C=Cc3ccccc3O2)CC1. The van der Waals surface area contributed by atoms with Gasteiger partial charge in [0.25, 0.3) is 5.91 Å². The Balaban J connectivity index is 1.52. The number of para-hydroxylation sites is 1. The van der Waals surface area contributed by atoms with E-state index in [1.807, 2.05) is 36.1 Å². The van der Waals surface area contributed by atoms with Gasteiger partial charge in [-0.3, -0.25) is 9.78 Å². The van der Waals surface area contributed by atoms with Crippen molar-refractivity contribution in [1.82, 2.24) is 9.88 Å². The average Bonchev–Trinajstić information content (AvgIpc) is 2.84. The van der Waals surface area contributed by atoms with Gasteiger partial charge in [-0.2, -0.15) is 0 Å². The number of amides is 1. The highest BCUT2D eigenvalue weighted by Gasteiger charge is 2.36. The summed E-state index contributed by atoms with van der Waals surface area (Å²) in [5.41, 5.74) is 2.50. The van der Waals surface area contributed by atoms with Crippen LogP contribution in [0, 0.1) is 6.92 Å². The Labute approximate surface area is 148 Å². The summed E-state index contributed by atoms with van der Waals surface area (Å²) < 4.78 is 6.36. The maximum atomic E-state index is 12.9. The Kier molecular flexibility index (Phi) is 4.04. The van der Waals surface area contributed by atoms with Crippen LogP contribution in [0.5, 0.6) is 5.75 Å². The molecule has 4 heteroatoms. The highest BCUT2D eigenvalue weighted by atomic mass is 16.5. The zero-order valence-corrected chi connectivity index (χ0v) is 14.4. The third-order valence-electron chi connectivity index (χ3n) is 5.19. The molecule has 25 heavy (non-hydrogen) atoms. The van der Waals surface area contributed by atoms with E-state index in [2.05, 4.69) is 23.2 Å². The second kappa shape index (κ2) is 6.36. The number of carbonyl (C=O) groups is 1. The Morgan fingerprint density at radius 1 is 1.20 bits per heavy atom. The molecular weight excluding hydrogens is 312 g/mol. The van der Waals surface area contributed by atoms with E-state index >= 15 is 0 Å². The molecule has 0 bridgehead atoms. The highest BCUT2D eigenvalue weighted by Crippen LogP contribution is 2.37. The lowest BCUT2D eigenvalue weighted by atomic mass is 9.91. The van der Waals surface area contributed by atoms with Gasteiger partial charge in [-0.05, 0) is 43.5 Å². The Hall–Kier alpha value is -2.62. The topological polar surface area (TPSA) is 42.4 Å². The smallest absolute Gasteiger partial charge is 0.255 e. The van der Waals surface area contributed by atoms with Crippen molar-refractivity contribution in [2.75, 3.05) is 13.1 Å². The summed E-state index contributed by atoms with van der Waals surface area (Å²) in [6.45, 7) is 3.41. The Morgan fingerprint density at radius 3 is 2.96 bits per heavy atom.